The molecule has 7 rings (SSSR count). The number of nitrogens with one attached hydrogen (secondary N) is 1. The van der Waals surface area contributed by atoms with E-state index < -0.39 is 7.21 Å². The first-order chi connectivity index (χ1) is 20.1. The Labute approximate surface area is 257 Å². The summed E-state index contributed by atoms with van der Waals surface area (Å²) >= 11 is 7.61. The number of hydrazine groups is 1. The van der Waals surface area contributed by atoms with Gasteiger partial charge >= 0.3 is 259 Å². The number of para-hydroxylation sites is 2. The monoisotopic (exact) mass is 683 g/mol. The van der Waals surface area contributed by atoms with Crippen LogP contribution >= 0.6 is 39.1 Å². The van der Waals surface area contributed by atoms with Crippen molar-refractivity contribution in [1.29, 1.82) is 0 Å². The summed E-state index contributed by atoms with van der Waals surface area (Å²) in [6.07, 6.45) is 0. The second-order valence-corrected chi connectivity index (χ2v) is 15.7. The van der Waals surface area contributed by atoms with Crippen molar-refractivity contribution >= 4 is 67.3 Å². The van der Waals surface area contributed by atoms with E-state index in [2.05, 4.69) is 185 Å². The van der Waals surface area contributed by atoms with Crippen LogP contribution in [0.2, 0.25) is 0 Å². The standard InChI is InChI=1S/C33H28Br2N5P/c34-27-21-22-32(31(35)25-27)40-36-33(26-13-5-1-6-14-26)37-41(40,30-19-11-4-12-20-30)38(28-15-7-2-8-16-28)23-24-39(41)29-17-9-3-10-18-29/h1-22,25H,23-24H2,(H,36,37). The molecule has 0 radical (unpaired) electrons. The predicted molar refractivity (Wildman–Crippen MR) is 181 cm³/mol. The van der Waals surface area contributed by atoms with Crippen LogP contribution in [0.4, 0.5) is 17.1 Å². The summed E-state index contributed by atoms with van der Waals surface area (Å²) in [5, 5.41) is 1.15. The number of rotatable bonds is 5. The Morgan fingerprint density at radius 2 is 1.12 bits per heavy atom. The van der Waals surface area contributed by atoms with Gasteiger partial charge in [0, 0.05) is 0 Å². The van der Waals surface area contributed by atoms with E-state index in [1.54, 1.807) is 0 Å². The first kappa shape index (κ1) is 26.3. The molecule has 0 atom stereocenters. The minimum absolute atomic E-state index is 0.795. The number of hydrogen-bond acceptors (Lipinski definition) is 5. The Bertz CT molecular complexity index is 1670. The van der Waals surface area contributed by atoms with Crippen LogP contribution in [0.15, 0.2) is 153 Å². The molecule has 41 heavy (non-hydrogen) atoms. The fraction of sp³-hybridized carbons (Fsp3) is 0.0606. The molecule has 0 unspecified atom stereocenters. The summed E-state index contributed by atoms with van der Waals surface area (Å²) in [5.41, 5.74) is 8.17. The molecule has 1 fully saturated rings. The second kappa shape index (κ2) is 10.3. The molecule has 0 aliphatic carbocycles. The van der Waals surface area contributed by atoms with Gasteiger partial charge in [0.1, 0.15) is 0 Å². The maximum atomic E-state index is 6.01. The molecule has 204 valence electrons. The van der Waals surface area contributed by atoms with Gasteiger partial charge in [0.05, 0.1) is 0 Å². The summed E-state index contributed by atoms with van der Waals surface area (Å²) in [5.74, 6) is 0.839. The van der Waals surface area contributed by atoms with E-state index in [9.17, 15) is 0 Å². The van der Waals surface area contributed by atoms with Crippen LogP contribution in [0.3, 0.4) is 0 Å². The fourth-order valence-electron chi connectivity index (χ4n) is 6.12. The van der Waals surface area contributed by atoms with Crippen LogP contribution in [0, 0.1) is 0 Å². The van der Waals surface area contributed by atoms with Crippen molar-refractivity contribution < 1.29 is 0 Å². The number of anilines is 3. The van der Waals surface area contributed by atoms with Gasteiger partial charge in [0.2, 0.25) is 0 Å². The second-order valence-electron chi connectivity index (χ2n) is 10.0. The van der Waals surface area contributed by atoms with E-state index in [4.69, 9.17) is 4.76 Å². The quantitative estimate of drug-likeness (QED) is 0.188. The zero-order valence-electron chi connectivity index (χ0n) is 22.2. The van der Waals surface area contributed by atoms with Crippen LogP contribution in [-0.4, -0.2) is 18.9 Å². The molecular weight excluding hydrogens is 657 g/mol. The third kappa shape index (κ3) is 3.94. The normalized spacial score (nSPS) is 18.0. The number of amidine groups is 1. The van der Waals surface area contributed by atoms with E-state index in [1.165, 1.54) is 0 Å². The van der Waals surface area contributed by atoms with Crippen molar-refractivity contribution in [1.82, 2.24) is 5.43 Å². The first-order valence-corrected chi connectivity index (χ1v) is 17.2. The molecule has 8 heteroatoms. The molecule has 1 spiro atoms. The van der Waals surface area contributed by atoms with E-state index in [0.717, 1.165) is 55.8 Å². The SMILES string of the molecule is Brc1ccc(N2NC(c3ccccc3)=NP23(c2ccccc2)N(c2ccccc2)CCN3c2ccccc2)c(Br)c1. The summed E-state index contributed by atoms with van der Waals surface area (Å²) in [4.78, 5) is 0. The van der Waals surface area contributed by atoms with Gasteiger partial charge in [0.15, 0.2) is 0 Å². The van der Waals surface area contributed by atoms with Crippen molar-refractivity contribution in [3.63, 3.8) is 0 Å². The van der Waals surface area contributed by atoms with Crippen molar-refractivity contribution in [2.24, 2.45) is 4.76 Å². The molecule has 0 aromatic heterocycles. The molecule has 5 aromatic carbocycles. The van der Waals surface area contributed by atoms with Crippen LogP contribution in [0.5, 0.6) is 0 Å². The van der Waals surface area contributed by atoms with Crippen molar-refractivity contribution in [3.8, 4) is 0 Å². The third-order valence-electron chi connectivity index (χ3n) is 7.79. The molecule has 2 heterocycles. The van der Waals surface area contributed by atoms with Gasteiger partial charge in [0.25, 0.3) is 0 Å². The van der Waals surface area contributed by atoms with Crippen molar-refractivity contribution in [2.45, 2.75) is 0 Å². The van der Waals surface area contributed by atoms with Crippen LogP contribution in [0.1, 0.15) is 5.56 Å². The topological polar surface area (TPSA) is 34.1 Å². The Kier molecular flexibility index (Phi) is 6.61. The van der Waals surface area contributed by atoms with Gasteiger partial charge in [-0.15, -0.1) is 0 Å². The Morgan fingerprint density at radius 1 is 0.610 bits per heavy atom. The molecule has 1 saturated heterocycles. The molecule has 0 saturated carbocycles. The van der Waals surface area contributed by atoms with E-state index >= 15 is 0 Å². The average Bonchev–Trinajstić information content (AvgIpc) is 3.57. The van der Waals surface area contributed by atoms with Crippen LogP contribution in [-0.2, 0) is 0 Å². The molecular formula is C33H28Br2N5P. The fourth-order valence-corrected chi connectivity index (χ4v) is 13.5. The Balaban J connectivity index is 1.66. The zero-order chi connectivity index (χ0) is 27.9. The van der Waals surface area contributed by atoms with Crippen LogP contribution < -0.4 is 24.9 Å². The molecule has 2 aliphatic rings. The van der Waals surface area contributed by atoms with Crippen molar-refractivity contribution in [2.75, 3.05) is 27.2 Å². The predicted octanol–water partition coefficient (Wildman–Crippen LogP) is 8.55. The van der Waals surface area contributed by atoms with Crippen LogP contribution in [0.25, 0.3) is 0 Å². The van der Waals surface area contributed by atoms with Gasteiger partial charge in [-0.3, -0.25) is 0 Å². The molecule has 2 aliphatic heterocycles. The van der Waals surface area contributed by atoms with Crippen molar-refractivity contribution in [3.05, 3.63) is 154 Å². The number of nitrogens with zero attached hydrogens (tertiary/aromatic N) is 4. The molecule has 5 aromatic rings. The number of benzene rings is 5. The summed E-state index contributed by atoms with van der Waals surface area (Å²) < 4.78 is 15.5. The summed E-state index contributed by atoms with van der Waals surface area (Å²) in [6, 6.07) is 49.1. The Morgan fingerprint density at radius 3 is 1.66 bits per heavy atom. The third-order valence-corrected chi connectivity index (χ3v) is 14.4. The summed E-state index contributed by atoms with van der Waals surface area (Å²) in [6.45, 7) is 1.59. The molecule has 1 N–H and O–H groups in total. The minimum atomic E-state index is -3.91. The zero-order valence-corrected chi connectivity index (χ0v) is 26.3. The summed E-state index contributed by atoms with van der Waals surface area (Å²) in [7, 11) is -3.91. The Hall–Kier alpha value is -3.64. The molecule has 0 amide bonds. The molecule has 0 bridgehead atoms. The molecule has 5 nitrogen and oxygen atoms in total. The average molecular weight is 685 g/mol. The van der Waals surface area contributed by atoms with Gasteiger partial charge in [-0.2, -0.15) is 0 Å². The number of halogens is 2. The van der Waals surface area contributed by atoms with E-state index in [1.807, 2.05) is 6.07 Å². The van der Waals surface area contributed by atoms with Gasteiger partial charge in [-0.1, -0.05) is 0 Å². The number of hydrogen-bond donors (Lipinski definition) is 1. The maximum absolute atomic E-state index is 6.01. The van der Waals surface area contributed by atoms with E-state index in [-0.39, 0.29) is 0 Å². The van der Waals surface area contributed by atoms with Gasteiger partial charge < -0.3 is 0 Å². The first-order valence-electron chi connectivity index (χ1n) is 13.5. The van der Waals surface area contributed by atoms with Gasteiger partial charge in [-0.25, -0.2) is 0 Å². The van der Waals surface area contributed by atoms with E-state index in [0.29, 0.717) is 0 Å². The van der Waals surface area contributed by atoms with Gasteiger partial charge in [-0.05, 0) is 0 Å².